The molecule has 2 aromatic rings. The molecule has 1 aliphatic heterocycles. The molecule has 0 spiro atoms. The molecule has 2 N–H and O–H groups in total. The van der Waals surface area contributed by atoms with Gasteiger partial charge in [0.25, 0.3) is 0 Å². The van der Waals surface area contributed by atoms with E-state index in [1.54, 1.807) is 6.07 Å². The minimum atomic E-state index is -0.759. The van der Waals surface area contributed by atoms with Gasteiger partial charge in [-0.05, 0) is 61.7 Å². The van der Waals surface area contributed by atoms with E-state index < -0.39 is 5.41 Å². The quantitative estimate of drug-likeness (QED) is 0.826. The summed E-state index contributed by atoms with van der Waals surface area (Å²) in [5.41, 5.74) is 2.04. The standard InChI is InChI=1S/C19H20BrFN2O/c1-19(2,13-4-6-14(20)7-5-13)18(24)23-16-8-3-12-11-22-10-9-15(12)17(16)21/h3-8,22H,9-11H2,1-2H3,(H,23,24). The molecule has 126 valence electrons. The summed E-state index contributed by atoms with van der Waals surface area (Å²) in [7, 11) is 0. The van der Waals surface area contributed by atoms with Crippen LogP contribution in [0.2, 0.25) is 0 Å². The lowest BCUT2D eigenvalue weighted by Crippen LogP contribution is -2.35. The molecule has 24 heavy (non-hydrogen) atoms. The number of hydrogen-bond donors (Lipinski definition) is 2. The Labute approximate surface area is 149 Å². The van der Waals surface area contributed by atoms with Crippen LogP contribution in [-0.4, -0.2) is 12.5 Å². The molecule has 5 heteroatoms. The number of carbonyl (C=O) groups is 1. The summed E-state index contributed by atoms with van der Waals surface area (Å²) in [5.74, 6) is -0.536. The Hall–Kier alpha value is -1.72. The second-order valence-corrected chi connectivity index (χ2v) is 7.49. The molecule has 3 rings (SSSR count). The number of rotatable bonds is 3. The minimum absolute atomic E-state index is 0.224. The zero-order chi connectivity index (χ0) is 17.3. The number of halogens is 2. The van der Waals surface area contributed by atoms with Gasteiger partial charge in [0.05, 0.1) is 11.1 Å². The van der Waals surface area contributed by atoms with Gasteiger partial charge in [0, 0.05) is 11.0 Å². The second kappa shape index (κ2) is 6.65. The number of benzene rings is 2. The third-order valence-electron chi connectivity index (χ3n) is 4.59. The second-order valence-electron chi connectivity index (χ2n) is 6.58. The van der Waals surface area contributed by atoms with E-state index >= 15 is 0 Å². The number of anilines is 1. The van der Waals surface area contributed by atoms with Crippen LogP contribution >= 0.6 is 15.9 Å². The van der Waals surface area contributed by atoms with E-state index in [1.165, 1.54) is 0 Å². The van der Waals surface area contributed by atoms with Crippen LogP contribution in [-0.2, 0) is 23.2 Å². The van der Waals surface area contributed by atoms with E-state index in [-0.39, 0.29) is 17.4 Å². The predicted molar refractivity (Wildman–Crippen MR) is 97.6 cm³/mol. The van der Waals surface area contributed by atoms with Gasteiger partial charge in [-0.2, -0.15) is 0 Å². The molecular formula is C19H20BrFN2O. The first kappa shape index (κ1) is 17.1. The van der Waals surface area contributed by atoms with Crippen molar-refractivity contribution in [1.82, 2.24) is 5.32 Å². The Balaban J connectivity index is 1.85. The third-order valence-corrected chi connectivity index (χ3v) is 5.12. The minimum Gasteiger partial charge on any atom is -0.323 e. The van der Waals surface area contributed by atoms with E-state index in [0.717, 1.165) is 22.1 Å². The Morgan fingerprint density at radius 2 is 1.92 bits per heavy atom. The third kappa shape index (κ3) is 3.23. The van der Waals surface area contributed by atoms with Crippen LogP contribution in [0.4, 0.5) is 10.1 Å². The molecule has 0 atom stereocenters. The van der Waals surface area contributed by atoms with Crippen molar-refractivity contribution < 1.29 is 9.18 Å². The van der Waals surface area contributed by atoms with Crippen LogP contribution in [0.3, 0.4) is 0 Å². The molecular weight excluding hydrogens is 371 g/mol. The van der Waals surface area contributed by atoms with Crippen LogP contribution in [0, 0.1) is 5.82 Å². The van der Waals surface area contributed by atoms with Gasteiger partial charge < -0.3 is 10.6 Å². The van der Waals surface area contributed by atoms with Gasteiger partial charge in [-0.1, -0.05) is 34.1 Å². The Kier molecular flexibility index (Phi) is 4.74. The molecule has 0 saturated carbocycles. The lowest BCUT2D eigenvalue weighted by molar-refractivity contribution is -0.120. The number of nitrogens with one attached hydrogen (secondary N) is 2. The molecule has 0 radical (unpaired) electrons. The largest absolute Gasteiger partial charge is 0.323 e. The van der Waals surface area contributed by atoms with E-state index in [9.17, 15) is 9.18 Å². The molecule has 0 unspecified atom stereocenters. The fourth-order valence-corrected chi connectivity index (χ4v) is 3.17. The van der Waals surface area contributed by atoms with Crippen LogP contribution in [0.1, 0.15) is 30.5 Å². The lowest BCUT2D eigenvalue weighted by atomic mass is 9.83. The summed E-state index contributed by atoms with van der Waals surface area (Å²) in [6.07, 6.45) is 0.640. The summed E-state index contributed by atoms with van der Waals surface area (Å²) in [6, 6.07) is 11.1. The SMILES string of the molecule is CC(C)(C(=O)Nc1ccc2c(c1F)CCNC2)c1ccc(Br)cc1. The average Bonchev–Trinajstić information content (AvgIpc) is 2.58. The van der Waals surface area contributed by atoms with Crippen LogP contribution < -0.4 is 10.6 Å². The Morgan fingerprint density at radius 1 is 1.21 bits per heavy atom. The van der Waals surface area contributed by atoms with Gasteiger partial charge >= 0.3 is 0 Å². The van der Waals surface area contributed by atoms with Crippen molar-refractivity contribution in [3.63, 3.8) is 0 Å². The smallest absolute Gasteiger partial charge is 0.234 e. The van der Waals surface area contributed by atoms with Crippen molar-refractivity contribution in [2.24, 2.45) is 0 Å². The van der Waals surface area contributed by atoms with Gasteiger partial charge in [0.1, 0.15) is 5.82 Å². The van der Waals surface area contributed by atoms with Crippen molar-refractivity contribution in [2.45, 2.75) is 32.2 Å². The van der Waals surface area contributed by atoms with Gasteiger partial charge in [0.15, 0.2) is 0 Å². The summed E-state index contributed by atoms with van der Waals surface area (Å²) in [6.45, 7) is 5.11. The summed E-state index contributed by atoms with van der Waals surface area (Å²) < 4.78 is 15.7. The first-order chi connectivity index (χ1) is 11.4. The van der Waals surface area contributed by atoms with Crippen LogP contribution in [0.15, 0.2) is 40.9 Å². The highest BCUT2D eigenvalue weighted by atomic mass is 79.9. The molecule has 1 aliphatic rings. The van der Waals surface area contributed by atoms with E-state index in [0.29, 0.717) is 18.5 Å². The Bertz CT molecular complexity index is 772. The van der Waals surface area contributed by atoms with Crippen molar-refractivity contribution in [1.29, 1.82) is 0 Å². The lowest BCUT2D eigenvalue weighted by Gasteiger charge is -2.25. The molecule has 0 bridgehead atoms. The molecule has 3 nitrogen and oxygen atoms in total. The molecule has 0 saturated heterocycles. The van der Waals surface area contributed by atoms with E-state index in [4.69, 9.17) is 0 Å². The highest BCUT2D eigenvalue weighted by Gasteiger charge is 2.30. The van der Waals surface area contributed by atoms with Gasteiger partial charge in [-0.25, -0.2) is 4.39 Å². The highest BCUT2D eigenvalue weighted by molar-refractivity contribution is 9.10. The molecule has 1 amide bonds. The maximum Gasteiger partial charge on any atom is 0.234 e. The molecule has 0 aliphatic carbocycles. The van der Waals surface area contributed by atoms with Crippen molar-refractivity contribution in [2.75, 3.05) is 11.9 Å². The maximum absolute atomic E-state index is 14.7. The van der Waals surface area contributed by atoms with E-state index in [2.05, 4.69) is 26.6 Å². The first-order valence-electron chi connectivity index (χ1n) is 7.98. The number of amides is 1. The topological polar surface area (TPSA) is 41.1 Å². The molecule has 2 aromatic carbocycles. The van der Waals surface area contributed by atoms with Gasteiger partial charge in [0.2, 0.25) is 5.91 Å². The summed E-state index contributed by atoms with van der Waals surface area (Å²) in [5, 5.41) is 5.99. The monoisotopic (exact) mass is 390 g/mol. The zero-order valence-electron chi connectivity index (χ0n) is 13.7. The summed E-state index contributed by atoms with van der Waals surface area (Å²) in [4.78, 5) is 12.7. The van der Waals surface area contributed by atoms with Gasteiger partial charge in [-0.15, -0.1) is 0 Å². The van der Waals surface area contributed by atoms with Crippen LogP contribution in [0.5, 0.6) is 0 Å². The number of carbonyl (C=O) groups excluding carboxylic acids is 1. The molecule has 0 fully saturated rings. The van der Waals surface area contributed by atoms with E-state index in [1.807, 2.05) is 44.2 Å². The first-order valence-corrected chi connectivity index (χ1v) is 8.77. The normalized spacial score (nSPS) is 14.2. The number of hydrogen-bond acceptors (Lipinski definition) is 2. The fraction of sp³-hybridized carbons (Fsp3) is 0.316. The average molecular weight is 391 g/mol. The summed E-state index contributed by atoms with van der Waals surface area (Å²) >= 11 is 3.39. The van der Waals surface area contributed by atoms with Gasteiger partial charge in [-0.3, -0.25) is 4.79 Å². The predicted octanol–water partition coefficient (Wildman–Crippen LogP) is 4.15. The Morgan fingerprint density at radius 3 is 2.62 bits per heavy atom. The van der Waals surface area contributed by atoms with Crippen molar-refractivity contribution in [3.8, 4) is 0 Å². The highest BCUT2D eigenvalue weighted by Crippen LogP contribution is 2.29. The maximum atomic E-state index is 14.7. The zero-order valence-corrected chi connectivity index (χ0v) is 15.3. The van der Waals surface area contributed by atoms with Crippen molar-refractivity contribution in [3.05, 3.63) is 63.4 Å². The van der Waals surface area contributed by atoms with Crippen LogP contribution in [0.25, 0.3) is 0 Å². The fourth-order valence-electron chi connectivity index (χ4n) is 2.91. The van der Waals surface area contributed by atoms with Crippen molar-refractivity contribution >= 4 is 27.5 Å². The molecule has 1 heterocycles. The number of fused-ring (bicyclic) bond motifs is 1. The molecule has 0 aromatic heterocycles.